The van der Waals surface area contributed by atoms with Gasteiger partial charge in [-0.3, -0.25) is 0 Å². The average molecular weight is 230 g/mol. The zero-order valence-electron chi connectivity index (χ0n) is 9.03. The van der Waals surface area contributed by atoms with Crippen LogP contribution in [0.15, 0.2) is 12.1 Å². The van der Waals surface area contributed by atoms with E-state index in [2.05, 4.69) is 15.0 Å². The molecule has 86 valence electrons. The van der Waals surface area contributed by atoms with Crippen LogP contribution in [0.3, 0.4) is 0 Å². The second-order valence-electron chi connectivity index (χ2n) is 3.96. The summed E-state index contributed by atoms with van der Waals surface area (Å²) >= 11 is 0. The van der Waals surface area contributed by atoms with Crippen LogP contribution in [0.1, 0.15) is 16.3 Å². The Balaban J connectivity index is 2.49. The first-order chi connectivity index (χ1) is 8.06. The quantitative estimate of drug-likeness (QED) is 0.476. The maximum absolute atomic E-state index is 10.9. The molecule has 0 unspecified atom stereocenters. The molecule has 0 spiro atoms. The Bertz CT molecular complexity index is 754. The van der Waals surface area contributed by atoms with Crippen LogP contribution >= 0.6 is 0 Å². The highest BCUT2D eigenvalue weighted by Crippen LogP contribution is 2.28. The molecule has 1 aromatic carbocycles. The highest BCUT2D eigenvalue weighted by atomic mass is 16.4. The van der Waals surface area contributed by atoms with Crippen LogP contribution in [-0.2, 0) is 0 Å². The van der Waals surface area contributed by atoms with Gasteiger partial charge in [-0.05, 0) is 19.1 Å². The molecule has 0 aliphatic rings. The fraction of sp³-hybridized carbons (Fsp3) is 0.0909. The van der Waals surface area contributed by atoms with Crippen molar-refractivity contribution in [2.75, 3.05) is 5.73 Å². The van der Waals surface area contributed by atoms with Crippen molar-refractivity contribution in [3.05, 3.63) is 23.7 Å². The van der Waals surface area contributed by atoms with E-state index in [4.69, 9.17) is 10.8 Å². The number of hydrogen-bond acceptors (Lipinski definition) is 3. The lowest BCUT2D eigenvalue weighted by atomic mass is 10.2. The predicted molar refractivity (Wildman–Crippen MR) is 64.1 cm³/mol. The topological polar surface area (TPSA) is 108 Å². The van der Waals surface area contributed by atoms with Gasteiger partial charge in [-0.1, -0.05) is 0 Å². The number of carboxylic acid groups (broad SMARTS) is 1. The van der Waals surface area contributed by atoms with Crippen molar-refractivity contribution in [3.8, 4) is 0 Å². The van der Waals surface area contributed by atoms with E-state index in [1.807, 2.05) is 6.92 Å². The Morgan fingerprint density at radius 2 is 2.12 bits per heavy atom. The number of nitrogens with one attached hydrogen (secondary N) is 2. The van der Waals surface area contributed by atoms with Gasteiger partial charge in [0.2, 0.25) is 0 Å². The molecular formula is C11H10N4O2. The molecule has 0 atom stereocenters. The van der Waals surface area contributed by atoms with Crippen LogP contribution in [-0.4, -0.2) is 26.0 Å². The monoisotopic (exact) mass is 230 g/mol. The van der Waals surface area contributed by atoms with Crippen LogP contribution in [0.25, 0.3) is 21.9 Å². The minimum Gasteiger partial charge on any atom is -0.477 e. The number of nitrogens with zero attached hydrogens (tertiary/aromatic N) is 1. The van der Waals surface area contributed by atoms with E-state index >= 15 is 0 Å². The van der Waals surface area contributed by atoms with Gasteiger partial charge in [0.25, 0.3) is 0 Å². The number of carbonyl (C=O) groups is 1. The number of rotatable bonds is 1. The molecular weight excluding hydrogens is 220 g/mol. The van der Waals surface area contributed by atoms with E-state index < -0.39 is 5.97 Å². The molecule has 0 aliphatic carbocycles. The first-order valence-electron chi connectivity index (χ1n) is 5.07. The fourth-order valence-corrected chi connectivity index (χ4v) is 2.02. The summed E-state index contributed by atoms with van der Waals surface area (Å²) in [6.45, 7) is 1.83. The molecule has 2 heterocycles. The van der Waals surface area contributed by atoms with Gasteiger partial charge in [0.15, 0.2) is 0 Å². The van der Waals surface area contributed by atoms with Crippen LogP contribution < -0.4 is 5.73 Å². The van der Waals surface area contributed by atoms with Crippen molar-refractivity contribution in [3.63, 3.8) is 0 Å². The molecule has 0 bridgehead atoms. The van der Waals surface area contributed by atoms with Crippen LogP contribution in [0.2, 0.25) is 0 Å². The zero-order chi connectivity index (χ0) is 12.2. The Morgan fingerprint density at radius 3 is 2.82 bits per heavy atom. The molecule has 0 amide bonds. The van der Waals surface area contributed by atoms with E-state index in [1.54, 1.807) is 12.1 Å². The van der Waals surface area contributed by atoms with Gasteiger partial charge in [0.05, 0.1) is 16.7 Å². The van der Waals surface area contributed by atoms with Crippen molar-refractivity contribution in [2.24, 2.45) is 0 Å². The van der Waals surface area contributed by atoms with Crippen molar-refractivity contribution in [2.45, 2.75) is 6.92 Å². The first kappa shape index (κ1) is 9.71. The molecule has 17 heavy (non-hydrogen) atoms. The predicted octanol–water partition coefficient (Wildman–Crippen LogP) is 1.63. The number of hydrogen-bond donors (Lipinski definition) is 4. The van der Waals surface area contributed by atoms with Crippen molar-refractivity contribution < 1.29 is 9.90 Å². The molecule has 0 saturated heterocycles. The number of fused-ring (bicyclic) bond motifs is 3. The Labute approximate surface area is 95.5 Å². The molecule has 0 radical (unpaired) electrons. The Hall–Kier alpha value is -2.50. The largest absolute Gasteiger partial charge is 0.477 e. The number of benzene rings is 1. The number of aryl methyl sites for hydroxylation is 1. The first-order valence-corrected chi connectivity index (χ1v) is 5.07. The summed E-state index contributed by atoms with van der Waals surface area (Å²) in [4.78, 5) is 21.1. The lowest BCUT2D eigenvalue weighted by molar-refractivity contribution is 0.0691. The number of aromatic carboxylic acids is 1. The van der Waals surface area contributed by atoms with Gasteiger partial charge in [0.1, 0.15) is 17.0 Å². The van der Waals surface area contributed by atoms with Crippen LogP contribution in [0, 0.1) is 6.92 Å². The van der Waals surface area contributed by atoms with Gasteiger partial charge < -0.3 is 20.8 Å². The van der Waals surface area contributed by atoms with Crippen LogP contribution in [0.4, 0.5) is 5.69 Å². The third kappa shape index (κ3) is 1.27. The molecule has 0 aliphatic heterocycles. The summed E-state index contributed by atoms with van der Waals surface area (Å²) in [5.41, 5.74) is 8.67. The highest BCUT2D eigenvalue weighted by molar-refractivity contribution is 6.09. The number of nitrogens with two attached hydrogens (primary N) is 1. The van der Waals surface area contributed by atoms with E-state index in [1.165, 1.54) is 0 Å². The summed E-state index contributed by atoms with van der Waals surface area (Å²) in [5, 5.41) is 9.70. The average Bonchev–Trinajstić information content (AvgIpc) is 2.80. The molecule has 2 aromatic heterocycles. The lowest BCUT2D eigenvalue weighted by Gasteiger charge is -1.96. The summed E-state index contributed by atoms with van der Waals surface area (Å²) in [7, 11) is 0. The van der Waals surface area contributed by atoms with Gasteiger partial charge in [0, 0.05) is 5.39 Å². The second-order valence-corrected chi connectivity index (χ2v) is 3.96. The highest BCUT2D eigenvalue weighted by Gasteiger charge is 2.13. The van der Waals surface area contributed by atoms with Crippen molar-refractivity contribution >= 4 is 33.6 Å². The van der Waals surface area contributed by atoms with Gasteiger partial charge in [-0.25, -0.2) is 9.78 Å². The maximum Gasteiger partial charge on any atom is 0.352 e. The van der Waals surface area contributed by atoms with E-state index in [0.717, 1.165) is 16.7 Å². The minimum absolute atomic E-state index is 0.138. The summed E-state index contributed by atoms with van der Waals surface area (Å²) < 4.78 is 0. The molecule has 5 N–H and O–H groups in total. The normalized spacial score (nSPS) is 11.4. The second kappa shape index (κ2) is 3.00. The molecule has 6 heteroatoms. The third-order valence-electron chi connectivity index (χ3n) is 2.74. The van der Waals surface area contributed by atoms with Gasteiger partial charge >= 0.3 is 5.97 Å². The number of imidazole rings is 1. The van der Waals surface area contributed by atoms with Gasteiger partial charge in [-0.15, -0.1) is 0 Å². The molecule has 3 rings (SSSR count). The number of nitrogen functional groups attached to an aromatic ring is 1. The minimum atomic E-state index is -0.996. The summed E-state index contributed by atoms with van der Waals surface area (Å²) in [6.07, 6.45) is 0. The fourth-order valence-electron chi connectivity index (χ4n) is 2.02. The molecule has 0 saturated carbocycles. The number of carboxylic acids is 1. The van der Waals surface area contributed by atoms with Crippen LogP contribution in [0.5, 0.6) is 0 Å². The zero-order valence-corrected chi connectivity index (χ0v) is 9.03. The maximum atomic E-state index is 10.9. The molecule has 0 fully saturated rings. The Morgan fingerprint density at radius 1 is 1.35 bits per heavy atom. The van der Waals surface area contributed by atoms with E-state index in [0.29, 0.717) is 16.7 Å². The summed E-state index contributed by atoms with van der Waals surface area (Å²) in [5.74, 6) is -0.255. The molecule has 6 nitrogen and oxygen atoms in total. The number of aromatic nitrogens is 3. The van der Waals surface area contributed by atoms with Crippen molar-refractivity contribution in [1.29, 1.82) is 0 Å². The number of H-pyrrole nitrogens is 2. The molecule has 3 aromatic rings. The smallest absolute Gasteiger partial charge is 0.352 e. The lowest BCUT2D eigenvalue weighted by Crippen LogP contribution is -1.94. The van der Waals surface area contributed by atoms with Gasteiger partial charge in [-0.2, -0.15) is 0 Å². The van der Waals surface area contributed by atoms with Crippen molar-refractivity contribution in [1.82, 2.24) is 15.0 Å². The third-order valence-corrected chi connectivity index (χ3v) is 2.74. The standard InChI is InChI=1S/C11H10N4O2/c1-4-13-9-6(12)2-5-3-7(11(16)17)15-8(5)10(9)14-4/h2-3,15H,12H2,1H3,(H,13,14)(H,16,17). The SMILES string of the molecule is Cc1nc2c(N)cc3cc(C(=O)O)[nH]c3c2[nH]1. The number of aromatic amines is 2. The summed E-state index contributed by atoms with van der Waals surface area (Å²) in [6, 6.07) is 3.28. The van der Waals surface area contributed by atoms with E-state index in [9.17, 15) is 4.79 Å². The number of anilines is 1. The van der Waals surface area contributed by atoms with E-state index in [-0.39, 0.29) is 5.69 Å². The Kier molecular flexibility index (Phi) is 1.72.